The fourth-order valence-corrected chi connectivity index (χ4v) is 5.03. The van der Waals surface area contributed by atoms with E-state index >= 15 is 0 Å². The molecule has 1 aromatic carbocycles. The molecule has 166 valence electrons. The molecule has 0 spiro atoms. The van der Waals surface area contributed by atoms with Gasteiger partial charge in [-0.1, -0.05) is 17.2 Å². The summed E-state index contributed by atoms with van der Waals surface area (Å²) in [5.41, 5.74) is 9.98. The van der Waals surface area contributed by atoms with Crippen LogP contribution in [0.5, 0.6) is 0 Å². The minimum Gasteiger partial charge on any atom is -0.616 e. The Kier molecular flexibility index (Phi) is 5.67. The van der Waals surface area contributed by atoms with Crippen LogP contribution in [0, 0.1) is 17.2 Å². The number of anilines is 3. The molecule has 8 nitrogen and oxygen atoms in total. The van der Waals surface area contributed by atoms with E-state index in [2.05, 4.69) is 45.0 Å². The average Bonchev–Trinajstić information content (AvgIpc) is 3.67. The van der Waals surface area contributed by atoms with Gasteiger partial charge in [-0.15, -0.1) is 0 Å². The highest BCUT2D eigenvalue weighted by atomic mass is 32.2. The third-order valence-corrected chi connectivity index (χ3v) is 6.87. The molecule has 0 radical (unpaired) electrons. The number of rotatable bonds is 9. The van der Waals surface area contributed by atoms with E-state index in [1.54, 1.807) is 17.0 Å². The van der Waals surface area contributed by atoms with Crippen molar-refractivity contribution in [2.45, 2.75) is 43.4 Å². The molecule has 3 aromatic rings. The summed E-state index contributed by atoms with van der Waals surface area (Å²) in [6.45, 7) is 0.709. The quantitative estimate of drug-likeness (QED) is 0.428. The van der Waals surface area contributed by atoms with Crippen LogP contribution in [0.25, 0.3) is 5.65 Å². The topological polar surface area (TPSA) is 127 Å². The summed E-state index contributed by atoms with van der Waals surface area (Å²) in [5, 5.41) is 20.6. The largest absolute Gasteiger partial charge is 0.616 e. The first-order valence-corrected chi connectivity index (χ1v) is 12.7. The fraction of sp³-hybridized carbons (Fsp3) is 0.435. The van der Waals surface area contributed by atoms with Crippen LogP contribution in [0.2, 0.25) is 0 Å². The summed E-state index contributed by atoms with van der Waals surface area (Å²) >= 11 is -0.932. The summed E-state index contributed by atoms with van der Waals surface area (Å²) in [6, 6.07) is 10.8. The second-order valence-electron chi connectivity index (χ2n) is 8.79. The monoisotopic (exact) mass is 449 g/mol. The maximum atomic E-state index is 12.0. The zero-order chi connectivity index (χ0) is 22.2. The van der Waals surface area contributed by atoms with Crippen molar-refractivity contribution in [2.24, 2.45) is 11.7 Å². The van der Waals surface area contributed by atoms with Gasteiger partial charge in [0.25, 0.3) is 0 Å². The molecule has 0 bridgehead atoms. The number of fused-ring (bicyclic) bond motifs is 1. The average molecular weight is 450 g/mol. The molecule has 9 heteroatoms. The Morgan fingerprint density at radius 2 is 2.19 bits per heavy atom. The summed E-state index contributed by atoms with van der Waals surface area (Å²) in [7, 11) is 0. The predicted molar refractivity (Wildman–Crippen MR) is 126 cm³/mol. The molecule has 2 fully saturated rings. The Bertz CT molecular complexity index is 1180. The van der Waals surface area contributed by atoms with Gasteiger partial charge in [0.15, 0.2) is 5.65 Å². The highest BCUT2D eigenvalue weighted by Gasteiger charge is 2.38. The molecule has 32 heavy (non-hydrogen) atoms. The smallest absolute Gasteiger partial charge is 0.177 e. The summed E-state index contributed by atoms with van der Waals surface area (Å²) in [5.74, 6) is 3.13. The number of benzene rings is 1. The van der Waals surface area contributed by atoms with E-state index in [0.717, 1.165) is 42.8 Å². The van der Waals surface area contributed by atoms with Crippen molar-refractivity contribution in [1.29, 1.82) is 5.26 Å². The standard InChI is InChI=1S/C23H27N7OS/c1-32(31)13-15-8-18(4-5-19(15)20-9-14(20)6-7-24)27-21-10-22(28-17-2-3-17)30-23(29-21)16(11-25)12-26-30/h4-5,8,10,12,14,17,20,28H,2-3,6-7,9,13,24H2,1H3,(H,27,29). The third-order valence-electron chi connectivity index (χ3n) is 6.16. The van der Waals surface area contributed by atoms with Gasteiger partial charge in [-0.2, -0.15) is 14.9 Å². The molecule has 2 aromatic heterocycles. The van der Waals surface area contributed by atoms with Gasteiger partial charge in [0.1, 0.15) is 29.0 Å². The lowest BCUT2D eigenvalue weighted by atomic mass is 10.0. The third kappa shape index (κ3) is 4.39. The van der Waals surface area contributed by atoms with Gasteiger partial charge in [-0.3, -0.25) is 0 Å². The van der Waals surface area contributed by atoms with Crippen LogP contribution in [0.1, 0.15) is 48.3 Å². The lowest BCUT2D eigenvalue weighted by molar-refractivity contribution is 0.599. The molecule has 2 saturated carbocycles. The molecule has 4 N–H and O–H groups in total. The van der Waals surface area contributed by atoms with Crippen molar-refractivity contribution in [3.8, 4) is 6.07 Å². The Morgan fingerprint density at radius 3 is 2.91 bits per heavy atom. The van der Waals surface area contributed by atoms with E-state index in [-0.39, 0.29) is 0 Å². The van der Waals surface area contributed by atoms with E-state index in [4.69, 9.17) is 5.73 Å². The molecule has 2 aliphatic rings. The maximum Gasteiger partial charge on any atom is 0.177 e. The number of nitrogens with two attached hydrogens (primary N) is 1. The first-order valence-electron chi connectivity index (χ1n) is 11.0. The van der Waals surface area contributed by atoms with Crippen LogP contribution in [0.15, 0.2) is 30.5 Å². The predicted octanol–water partition coefficient (Wildman–Crippen LogP) is 3.25. The van der Waals surface area contributed by atoms with Gasteiger partial charge in [0.2, 0.25) is 0 Å². The summed E-state index contributed by atoms with van der Waals surface area (Å²) in [4.78, 5) is 4.64. The SMILES string of the molecule is C[S+]([O-])Cc1cc(Nc2cc(NC3CC3)n3ncc(C#N)c3n2)ccc1C1CC1CCN. The van der Waals surface area contributed by atoms with Crippen LogP contribution in [-0.2, 0) is 16.9 Å². The fourth-order valence-electron chi connectivity index (χ4n) is 4.34. The van der Waals surface area contributed by atoms with E-state index in [9.17, 15) is 9.81 Å². The Hall–Kier alpha value is -2.80. The van der Waals surface area contributed by atoms with E-state index in [1.807, 2.05) is 6.07 Å². The second-order valence-corrected chi connectivity index (χ2v) is 10.2. The molecule has 5 rings (SSSR count). The van der Waals surface area contributed by atoms with Gasteiger partial charge in [0, 0.05) is 23.4 Å². The number of nitriles is 1. The van der Waals surface area contributed by atoms with Gasteiger partial charge >= 0.3 is 0 Å². The van der Waals surface area contributed by atoms with Crippen molar-refractivity contribution in [3.05, 3.63) is 47.2 Å². The first kappa shape index (κ1) is 21.1. The Morgan fingerprint density at radius 1 is 1.34 bits per heavy atom. The zero-order valence-corrected chi connectivity index (χ0v) is 18.9. The Balaban J connectivity index is 1.46. The molecule has 2 aliphatic carbocycles. The first-order chi connectivity index (χ1) is 15.6. The van der Waals surface area contributed by atoms with Gasteiger partial charge in [-0.05, 0) is 61.8 Å². The molecule has 0 saturated heterocycles. The van der Waals surface area contributed by atoms with E-state index in [1.165, 1.54) is 5.56 Å². The number of nitrogens with one attached hydrogen (secondary N) is 2. The van der Waals surface area contributed by atoms with Gasteiger partial charge < -0.3 is 20.9 Å². The number of hydrogen-bond donors (Lipinski definition) is 3. The normalized spacial score (nSPS) is 20.7. The number of nitrogens with zero attached hydrogens (tertiary/aromatic N) is 4. The molecule has 0 aliphatic heterocycles. The van der Waals surface area contributed by atoms with Crippen molar-refractivity contribution in [3.63, 3.8) is 0 Å². The minimum absolute atomic E-state index is 0.435. The number of hydrogen-bond acceptors (Lipinski definition) is 7. The zero-order valence-electron chi connectivity index (χ0n) is 18.0. The van der Waals surface area contributed by atoms with Crippen molar-refractivity contribution in [1.82, 2.24) is 14.6 Å². The maximum absolute atomic E-state index is 12.0. The molecule has 0 amide bonds. The van der Waals surface area contributed by atoms with Crippen LogP contribution in [0.3, 0.4) is 0 Å². The highest BCUT2D eigenvalue weighted by Crippen LogP contribution is 2.50. The lowest BCUT2D eigenvalue weighted by Crippen LogP contribution is -2.09. The molecular weight excluding hydrogens is 422 g/mol. The summed E-state index contributed by atoms with van der Waals surface area (Å²) in [6.07, 6.45) is 7.73. The molecule has 2 heterocycles. The lowest BCUT2D eigenvalue weighted by Gasteiger charge is -2.15. The van der Waals surface area contributed by atoms with Crippen molar-refractivity contribution < 1.29 is 4.55 Å². The van der Waals surface area contributed by atoms with Crippen molar-refractivity contribution in [2.75, 3.05) is 23.4 Å². The van der Waals surface area contributed by atoms with Gasteiger partial charge in [-0.25, -0.2) is 4.98 Å². The Labute approximate surface area is 190 Å². The number of aromatic nitrogens is 3. The molecule has 3 unspecified atom stereocenters. The van der Waals surface area contributed by atoms with E-state index < -0.39 is 11.2 Å². The minimum atomic E-state index is -0.932. The molecular formula is C23H27N7OS. The summed E-state index contributed by atoms with van der Waals surface area (Å²) < 4.78 is 13.7. The molecule has 3 atom stereocenters. The van der Waals surface area contributed by atoms with Crippen LogP contribution in [0.4, 0.5) is 17.3 Å². The second kappa shape index (κ2) is 8.62. The van der Waals surface area contributed by atoms with Crippen molar-refractivity contribution >= 4 is 34.1 Å². The van der Waals surface area contributed by atoms with Gasteiger partial charge in [0.05, 0.1) is 12.5 Å². The van der Waals surface area contributed by atoms with Crippen LogP contribution >= 0.6 is 0 Å². The highest BCUT2D eigenvalue weighted by molar-refractivity contribution is 7.89. The van der Waals surface area contributed by atoms with Crippen LogP contribution < -0.4 is 16.4 Å². The van der Waals surface area contributed by atoms with Crippen LogP contribution in [-0.4, -0.2) is 38.0 Å². The van der Waals surface area contributed by atoms with E-state index in [0.29, 0.717) is 47.2 Å².